The standard InChI is InChI=1S/C24H19N3O4S/c28-21(14-27-22(29)19-8-4-5-9-20(19)23(27)30)26-24(32)25-17-10-12-18(13-11-17)31-15-16-6-2-1-3-7-16/h1-13H,14-15H2,(H2,25,26,28,32). The van der Waals surface area contributed by atoms with Gasteiger partial charge in [-0.1, -0.05) is 42.5 Å². The van der Waals surface area contributed by atoms with E-state index in [4.69, 9.17) is 17.0 Å². The van der Waals surface area contributed by atoms with E-state index in [0.717, 1.165) is 10.5 Å². The van der Waals surface area contributed by atoms with E-state index in [0.29, 0.717) is 29.2 Å². The maximum atomic E-state index is 12.4. The van der Waals surface area contributed by atoms with Crippen LogP contribution in [0.5, 0.6) is 5.75 Å². The lowest BCUT2D eigenvalue weighted by Gasteiger charge is -2.15. The van der Waals surface area contributed by atoms with Crippen molar-refractivity contribution in [2.24, 2.45) is 0 Å². The van der Waals surface area contributed by atoms with Crippen LogP contribution in [0.1, 0.15) is 26.3 Å². The molecule has 0 bridgehead atoms. The van der Waals surface area contributed by atoms with Gasteiger partial charge in [-0.3, -0.25) is 19.3 Å². The summed E-state index contributed by atoms with van der Waals surface area (Å²) in [5.41, 5.74) is 2.31. The van der Waals surface area contributed by atoms with Crippen molar-refractivity contribution in [3.63, 3.8) is 0 Å². The zero-order valence-electron chi connectivity index (χ0n) is 16.9. The zero-order chi connectivity index (χ0) is 22.5. The molecule has 7 nitrogen and oxygen atoms in total. The van der Waals surface area contributed by atoms with E-state index < -0.39 is 24.3 Å². The third-order valence-corrected chi connectivity index (χ3v) is 5.00. The fourth-order valence-corrected chi connectivity index (χ4v) is 3.46. The second kappa shape index (κ2) is 9.40. The van der Waals surface area contributed by atoms with Crippen LogP contribution in [0.15, 0.2) is 78.9 Å². The Morgan fingerprint density at radius 3 is 2.06 bits per heavy atom. The molecule has 0 radical (unpaired) electrons. The fraction of sp³-hybridized carbons (Fsp3) is 0.0833. The number of hydrogen-bond acceptors (Lipinski definition) is 5. The average Bonchev–Trinajstić information content (AvgIpc) is 3.04. The Bertz CT molecular complexity index is 1140. The van der Waals surface area contributed by atoms with Crippen molar-refractivity contribution in [1.82, 2.24) is 10.2 Å². The van der Waals surface area contributed by atoms with Gasteiger partial charge >= 0.3 is 0 Å². The summed E-state index contributed by atoms with van der Waals surface area (Å²) in [6.45, 7) is 0.0420. The molecule has 0 unspecified atom stereocenters. The predicted molar refractivity (Wildman–Crippen MR) is 123 cm³/mol. The number of imide groups is 1. The van der Waals surface area contributed by atoms with Crippen molar-refractivity contribution in [3.05, 3.63) is 95.6 Å². The first-order valence-electron chi connectivity index (χ1n) is 9.84. The summed E-state index contributed by atoms with van der Waals surface area (Å²) in [5, 5.41) is 5.44. The molecule has 3 aromatic carbocycles. The molecule has 1 heterocycles. The van der Waals surface area contributed by atoms with Gasteiger partial charge in [0.1, 0.15) is 18.9 Å². The van der Waals surface area contributed by atoms with Crippen LogP contribution in [-0.4, -0.2) is 34.3 Å². The van der Waals surface area contributed by atoms with Crippen LogP contribution in [0.4, 0.5) is 5.69 Å². The minimum absolute atomic E-state index is 0.0598. The number of carbonyl (C=O) groups is 3. The van der Waals surface area contributed by atoms with E-state index in [1.807, 2.05) is 30.3 Å². The Morgan fingerprint density at radius 1 is 0.844 bits per heavy atom. The first kappa shape index (κ1) is 21.2. The Morgan fingerprint density at radius 2 is 1.44 bits per heavy atom. The van der Waals surface area contributed by atoms with Crippen molar-refractivity contribution < 1.29 is 19.1 Å². The Balaban J connectivity index is 1.27. The van der Waals surface area contributed by atoms with Gasteiger partial charge in [0, 0.05) is 5.69 Å². The monoisotopic (exact) mass is 445 g/mol. The predicted octanol–water partition coefficient (Wildman–Crippen LogP) is 3.37. The van der Waals surface area contributed by atoms with Crippen LogP contribution in [0.2, 0.25) is 0 Å². The maximum Gasteiger partial charge on any atom is 0.262 e. The highest BCUT2D eigenvalue weighted by Crippen LogP contribution is 2.22. The first-order valence-corrected chi connectivity index (χ1v) is 10.2. The Labute approximate surface area is 190 Å². The number of nitrogens with zero attached hydrogens (tertiary/aromatic N) is 1. The third-order valence-electron chi connectivity index (χ3n) is 4.79. The highest BCUT2D eigenvalue weighted by molar-refractivity contribution is 7.80. The lowest BCUT2D eigenvalue weighted by molar-refractivity contribution is -0.120. The molecule has 32 heavy (non-hydrogen) atoms. The number of carbonyl (C=O) groups excluding carboxylic acids is 3. The number of hydrogen-bond donors (Lipinski definition) is 2. The van der Waals surface area contributed by atoms with Crippen LogP contribution in [0.25, 0.3) is 0 Å². The van der Waals surface area contributed by atoms with Crippen LogP contribution in [0, 0.1) is 0 Å². The summed E-state index contributed by atoms with van der Waals surface area (Å²) in [6.07, 6.45) is 0. The summed E-state index contributed by atoms with van der Waals surface area (Å²) < 4.78 is 5.74. The maximum absolute atomic E-state index is 12.4. The molecule has 3 aromatic rings. The summed E-state index contributed by atoms with van der Waals surface area (Å²) in [6, 6.07) is 23.4. The zero-order valence-corrected chi connectivity index (χ0v) is 17.7. The molecule has 3 amide bonds. The van der Waals surface area contributed by atoms with Gasteiger partial charge in [0.15, 0.2) is 5.11 Å². The van der Waals surface area contributed by atoms with E-state index in [-0.39, 0.29) is 5.11 Å². The lowest BCUT2D eigenvalue weighted by atomic mass is 10.1. The molecule has 0 atom stereocenters. The summed E-state index contributed by atoms with van der Waals surface area (Å²) in [5.74, 6) is -0.865. The lowest BCUT2D eigenvalue weighted by Crippen LogP contribution is -2.43. The number of thiocarbonyl (C=S) groups is 1. The van der Waals surface area contributed by atoms with Gasteiger partial charge in [-0.25, -0.2) is 0 Å². The van der Waals surface area contributed by atoms with Gasteiger partial charge < -0.3 is 15.4 Å². The van der Waals surface area contributed by atoms with Crippen molar-refractivity contribution >= 4 is 40.7 Å². The average molecular weight is 446 g/mol. The van der Waals surface area contributed by atoms with Gasteiger partial charge in [0.25, 0.3) is 11.8 Å². The number of fused-ring (bicyclic) bond motifs is 1. The quantitative estimate of drug-likeness (QED) is 0.447. The van der Waals surface area contributed by atoms with Gasteiger partial charge in [0.05, 0.1) is 11.1 Å². The topological polar surface area (TPSA) is 87.7 Å². The number of amides is 3. The van der Waals surface area contributed by atoms with E-state index in [2.05, 4.69) is 10.6 Å². The van der Waals surface area contributed by atoms with Crippen molar-refractivity contribution in [2.45, 2.75) is 6.61 Å². The molecule has 8 heteroatoms. The Kier molecular flexibility index (Phi) is 6.23. The molecule has 4 rings (SSSR count). The molecular formula is C24H19N3O4S. The minimum Gasteiger partial charge on any atom is -0.489 e. The van der Waals surface area contributed by atoms with E-state index in [9.17, 15) is 14.4 Å². The molecule has 0 aromatic heterocycles. The molecule has 0 saturated carbocycles. The number of anilines is 1. The fourth-order valence-electron chi connectivity index (χ4n) is 3.23. The summed E-state index contributed by atoms with van der Waals surface area (Å²) in [7, 11) is 0. The number of nitrogens with one attached hydrogen (secondary N) is 2. The van der Waals surface area contributed by atoms with Crippen LogP contribution in [-0.2, 0) is 11.4 Å². The van der Waals surface area contributed by atoms with Crippen LogP contribution in [0.3, 0.4) is 0 Å². The second-order valence-electron chi connectivity index (χ2n) is 7.04. The van der Waals surface area contributed by atoms with Gasteiger partial charge in [-0.2, -0.15) is 0 Å². The number of rotatable bonds is 6. The number of ether oxygens (including phenoxy) is 1. The summed E-state index contributed by atoms with van der Waals surface area (Å²) >= 11 is 5.17. The molecule has 0 fully saturated rings. The van der Waals surface area contributed by atoms with Gasteiger partial charge in [-0.05, 0) is 54.2 Å². The van der Waals surface area contributed by atoms with Gasteiger partial charge in [0.2, 0.25) is 5.91 Å². The SMILES string of the molecule is O=C(CN1C(=O)c2ccccc2C1=O)NC(=S)Nc1ccc(OCc2ccccc2)cc1. The molecule has 1 aliphatic heterocycles. The third kappa shape index (κ3) is 4.81. The smallest absolute Gasteiger partial charge is 0.262 e. The van der Waals surface area contributed by atoms with Crippen molar-refractivity contribution in [1.29, 1.82) is 0 Å². The molecule has 0 saturated heterocycles. The molecule has 1 aliphatic rings. The molecule has 0 spiro atoms. The molecule has 160 valence electrons. The highest BCUT2D eigenvalue weighted by Gasteiger charge is 2.36. The Hall–Kier alpha value is -4.04. The van der Waals surface area contributed by atoms with Gasteiger partial charge in [-0.15, -0.1) is 0 Å². The summed E-state index contributed by atoms with van der Waals surface area (Å²) in [4.78, 5) is 37.9. The second-order valence-corrected chi connectivity index (χ2v) is 7.45. The van der Waals surface area contributed by atoms with Crippen LogP contribution >= 0.6 is 12.2 Å². The minimum atomic E-state index is -0.570. The van der Waals surface area contributed by atoms with E-state index in [1.165, 1.54) is 0 Å². The van der Waals surface area contributed by atoms with E-state index >= 15 is 0 Å². The van der Waals surface area contributed by atoms with Crippen LogP contribution < -0.4 is 15.4 Å². The van der Waals surface area contributed by atoms with E-state index in [1.54, 1.807) is 48.5 Å². The highest BCUT2D eigenvalue weighted by atomic mass is 32.1. The van der Waals surface area contributed by atoms with Crippen molar-refractivity contribution in [2.75, 3.05) is 11.9 Å². The molecule has 2 N–H and O–H groups in total. The normalized spacial score (nSPS) is 12.3. The molecular weight excluding hydrogens is 426 g/mol. The first-order chi connectivity index (χ1) is 15.5. The van der Waals surface area contributed by atoms with Crippen molar-refractivity contribution in [3.8, 4) is 5.75 Å². The largest absolute Gasteiger partial charge is 0.489 e. The number of benzene rings is 3. The molecule has 0 aliphatic carbocycles.